The first-order chi connectivity index (χ1) is 6.67. The SMILES string of the molecule is CCCC(CC)NC(CC)(CO)CO. The van der Waals surface area contributed by atoms with Gasteiger partial charge < -0.3 is 15.5 Å². The van der Waals surface area contributed by atoms with Gasteiger partial charge >= 0.3 is 0 Å². The van der Waals surface area contributed by atoms with Gasteiger partial charge in [0.2, 0.25) is 0 Å². The first-order valence-corrected chi connectivity index (χ1v) is 5.67. The molecule has 14 heavy (non-hydrogen) atoms. The minimum Gasteiger partial charge on any atom is -0.394 e. The van der Waals surface area contributed by atoms with Crippen LogP contribution in [0, 0.1) is 0 Å². The molecule has 0 amide bonds. The molecule has 1 unspecified atom stereocenters. The number of aliphatic hydroxyl groups is 2. The molecule has 0 aliphatic rings. The van der Waals surface area contributed by atoms with Gasteiger partial charge in [-0.05, 0) is 19.3 Å². The van der Waals surface area contributed by atoms with E-state index < -0.39 is 5.54 Å². The summed E-state index contributed by atoms with van der Waals surface area (Å²) < 4.78 is 0. The summed E-state index contributed by atoms with van der Waals surface area (Å²) in [6.07, 6.45) is 4.01. The van der Waals surface area contributed by atoms with E-state index in [9.17, 15) is 10.2 Å². The maximum atomic E-state index is 9.27. The Morgan fingerprint density at radius 2 is 1.71 bits per heavy atom. The molecule has 0 aliphatic carbocycles. The molecular formula is C11H25NO2. The van der Waals surface area contributed by atoms with E-state index in [-0.39, 0.29) is 13.2 Å². The van der Waals surface area contributed by atoms with Crippen molar-refractivity contribution in [2.75, 3.05) is 13.2 Å². The quantitative estimate of drug-likeness (QED) is 0.557. The standard InChI is InChI=1S/C11H25NO2/c1-4-7-10(5-2)12-11(6-3,8-13)9-14/h10,12-14H,4-9H2,1-3H3. The van der Waals surface area contributed by atoms with Gasteiger partial charge in [0, 0.05) is 6.04 Å². The molecule has 0 spiro atoms. The highest BCUT2D eigenvalue weighted by Crippen LogP contribution is 2.13. The van der Waals surface area contributed by atoms with Gasteiger partial charge in [0.05, 0.1) is 18.8 Å². The van der Waals surface area contributed by atoms with Crippen LogP contribution in [0.5, 0.6) is 0 Å². The number of nitrogens with one attached hydrogen (secondary N) is 1. The fourth-order valence-electron chi connectivity index (χ4n) is 1.63. The van der Waals surface area contributed by atoms with Gasteiger partial charge in [-0.2, -0.15) is 0 Å². The topological polar surface area (TPSA) is 52.5 Å². The van der Waals surface area contributed by atoms with Crippen molar-refractivity contribution < 1.29 is 10.2 Å². The average molecular weight is 203 g/mol. The minimum absolute atomic E-state index is 0.000213. The van der Waals surface area contributed by atoms with E-state index in [1.54, 1.807) is 0 Å². The molecule has 0 radical (unpaired) electrons. The van der Waals surface area contributed by atoms with Crippen molar-refractivity contribution in [1.29, 1.82) is 0 Å². The third-order valence-electron chi connectivity index (χ3n) is 2.92. The van der Waals surface area contributed by atoms with Gasteiger partial charge in [-0.3, -0.25) is 0 Å². The van der Waals surface area contributed by atoms with E-state index in [0.717, 1.165) is 25.7 Å². The van der Waals surface area contributed by atoms with Gasteiger partial charge in [-0.25, -0.2) is 0 Å². The number of hydrogen-bond acceptors (Lipinski definition) is 3. The third kappa shape index (κ3) is 3.95. The maximum absolute atomic E-state index is 9.27. The van der Waals surface area contributed by atoms with Crippen LogP contribution in [0.25, 0.3) is 0 Å². The lowest BCUT2D eigenvalue weighted by atomic mass is 9.95. The Morgan fingerprint density at radius 1 is 1.14 bits per heavy atom. The normalized spacial score (nSPS) is 14.4. The molecule has 0 rings (SSSR count). The molecule has 0 aromatic rings. The fourth-order valence-corrected chi connectivity index (χ4v) is 1.63. The van der Waals surface area contributed by atoms with Crippen LogP contribution in [-0.2, 0) is 0 Å². The van der Waals surface area contributed by atoms with Crippen LogP contribution in [0.2, 0.25) is 0 Å². The molecule has 0 heterocycles. The Morgan fingerprint density at radius 3 is 2.00 bits per heavy atom. The second-order valence-electron chi connectivity index (χ2n) is 3.99. The zero-order valence-corrected chi connectivity index (χ0v) is 9.71. The van der Waals surface area contributed by atoms with E-state index in [0.29, 0.717) is 6.04 Å². The van der Waals surface area contributed by atoms with Crippen LogP contribution < -0.4 is 5.32 Å². The van der Waals surface area contributed by atoms with E-state index in [4.69, 9.17) is 0 Å². The van der Waals surface area contributed by atoms with Crippen molar-refractivity contribution in [3.63, 3.8) is 0 Å². The van der Waals surface area contributed by atoms with Gasteiger partial charge in [0.25, 0.3) is 0 Å². The Hall–Kier alpha value is -0.120. The van der Waals surface area contributed by atoms with Crippen LogP contribution in [0.1, 0.15) is 46.5 Å². The summed E-state index contributed by atoms with van der Waals surface area (Å²) in [6.45, 7) is 6.26. The van der Waals surface area contributed by atoms with Crippen molar-refractivity contribution in [2.24, 2.45) is 0 Å². The summed E-state index contributed by atoms with van der Waals surface area (Å²) >= 11 is 0. The molecule has 0 bridgehead atoms. The van der Waals surface area contributed by atoms with Crippen LogP contribution in [-0.4, -0.2) is 35.0 Å². The Labute approximate surface area is 87.5 Å². The predicted octanol–water partition coefficient (Wildman–Crippen LogP) is 1.29. The molecule has 0 aromatic heterocycles. The highest BCUT2D eigenvalue weighted by molar-refractivity contribution is 4.88. The van der Waals surface area contributed by atoms with E-state index in [2.05, 4.69) is 19.2 Å². The molecule has 3 nitrogen and oxygen atoms in total. The van der Waals surface area contributed by atoms with E-state index in [1.807, 2.05) is 6.92 Å². The van der Waals surface area contributed by atoms with Crippen LogP contribution >= 0.6 is 0 Å². The lowest BCUT2D eigenvalue weighted by molar-refractivity contribution is 0.0757. The third-order valence-corrected chi connectivity index (χ3v) is 2.92. The lowest BCUT2D eigenvalue weighted by Gasteiger charge is -2.34. The Balaban J connectivity index is 4.24. The number of aliphatic hydroxyl groups excluding tert-OH is 2. The molecule has 0 aromatic carbocycles. The maximum Gasteiger partial charge on any atom is 0.0647 e. The van der Waals surface area contributed by atoms with Crippen LogP contribution in [0.3, 0.4) is 0 Å². The Kier molecular flexibility index (Phi) is 7.15. The molecule has 0 saturated carbocycles. The van der Waals surface area contributed by atoms with E-state index >= 15 is 0 Å². The molecular weight excluding hydrogens is 178 g/mol. The molecule has 3 heteroatoms. The molecule has 0 fully saturated rings. The van der Waals surface area contributed by atoms with Crippen molar-refractivity contribution >= 4 is 0 Å². The summed E-state index contributed by atoms with van der Waals surface area (Å²) in [5, 5.41) is 21.9. The van der Waals surface area contributed by atoms with Crippen molar-refractivity contribution in [2.45, 2.75) is 58.0 Å². The van der Waals surface area contributed by atoms with Crippen LogP contribution in [0.4, 0.5) is 0 Å². The second-order valence-corrected chi connectivity index (χ2v) is 3.99. The fraction of sp³-hybridized carbons (Fsp3) is 1.00. The molecule has 0 aliphatic heterocycles. The van der Waals surface area contributed by atoms with E-state index in [1.165, 1.54) is 0 Å². The largest absolute Gasteiger partial charge is 0.394 e. The summed E-state index contributed by atoms with van der Waals surface area (Å²) in [6, 6.07) is 0.402. The zero-order valence-electron chi connectivity index (χ0n) is 9.71. The highest BCUT2D eigenvalue weighted by atomic mass is 16.3. The van der Waals surface area contributed by atoms with Crippen molar-refractivity contribution in [1.82, 2.24) is 5.32 Å². The van der Waals surface area contributed by atoms with Crippen LogP contribution in [0.15, 0.2) is 0 Å². The minimum atomic E-state index is -0.490. The second kappa shape index (κ2) is 7.21. The summed E-state index contributed by atoms with van der Waals surface area (Å²) in [5.74, 6) is 0. The molecule has 0 saturated heterocycles. The van der Waals surface area contributed by atoms with Crippen molar-refractivity contribution in [3.05, 3.63) is 0 Å². The summed E-state index contributed by atoms with van der Waals surface area (Å²) in [7, 11) is 0. The molecule has 1 atom stereocenters. The average Bonchev–Trinajstić information content (AvgIpc) is 2.25. The lowest BCUT2D eigenvalue weighted by Crippen LogP contribution is -2.55. The number of rotatable bonds is 8. The number of hydrogen-bond donors (Lipinski definition) is 3. The Bertz CT molecular complexity index is 127. The van der Waals surface area contributed by atoms with Gasteiger partial charge in [-0.15, -0.1) is 0 Å². The van der Waals surface area contributed by atoms with Gasteiger partial charge in [0.1, 0.15) is 0 Å². The van der Waals surface area contributed by atoms with Gasteiger partial charge in [-0.1, -0.05) is 27.2 Å². The molecule has 3 N–H and O–H groups in total. The smallest absolute Gasteiger partial charge is 0.0647 e. The van der Waals surface area contributed by atoms with Crippen molar-refractivity contribution in [3.8, 4) is 0 Å². The first kappa shape index (κ1) is 13.9. The highest BCUT2D eigenvalue weighted by Gasteiger charge is 2.28. The van der Waals surface area contributed by atoms with Gasteiger partial charge in [0.15, 0.2) is 0 Å². The summed E-state index contributed by atoms with van der Waals surface area (Å²) in [4.78, 5) is 0. The summed E-state index contributed by atoms with van der Waals surface area (Å²) in [5.41, 5.74) is -0.490. The monoisotopic (exact) mass is 203 g/mol. The first-order valence-electron chi connectivity index (χ1n) is 5.67. The molecule has 86 valence electrons. The predicted molar refractivity (Wildman–Crippen MR) is 59.3 cm³/mol. The zero-order chi connectivity index (χ0) is 11.0.